The molecule has 3 rings (SSSR count). The van der Waals surface area contributed by atoms with Gasteiger partial charge in [0.05, 0.1) is 17.6 Å². The SMILES string of the molecule is O=C(COc1ccccc1[N+](=O)[O-])N[C@@H]1CCOc2ccccc21. The van der Waals surface area contributed by atoms with Gasteiger partial charge in [-0.25, -0.2) is 0 Å². The van der Waals surface area contributed by atoms with Crippen molar-refractivity contribution in [2.24, 2.45) is 0 Å². The summed E-state index contributed by atoms with van der Waals surface area (Å²) >= 11 is 0. The van der Waals surface area contributed by atoms with Gasteiger partial charge in [-0.05, 0) is 12.1 Å². The minimum absolute atomic E-state index is 0.0741. The van der Waals surface area contributed by atoms with Crippen LogP contribution in [0.1, 0.15) is 18.0 Å². The van der Waals surface area contributed by atoms with Gasteiger partial charge in [-0.1, -0.05) is 30.3 Å². The second kappa shape index (κ2) is 6.99. The van der Waals surface area contributed by atoms with Gasteiger partial charge in [0, 0.05) is 18.1 Å². The number of carbonyl (C=O) groups is 1. The number of carbonyl (C=O) groups excluding carboxylic acids is 1. The molecule has 1 aliphatic rings. The van der Waals surface area contributed by atoms with Crippen LogP contribution in [-0.2, 0) is 4.79 Å². The first kappa shape index (κ1) is 15.8. The van der Waals surface area contributed by atoms with E-state index in [-0.39, 0.29) is 30.0 Å². The molecule has 2 aromatic rings. The van der Waals surface area contributed by atoms with Crippen LogP contribution < -0.4 is 14.8 Å². The third-order valence-electron chi connectivity index (χ3n) is 3.71. The number of hydrogen-bond donors (Lipinski definition) is 1. The van der Waals surface area contributed by atoms with Gasteiger partial charge in [-0.3, -0.25) is 14.9 Å². The van der Waals surface area contributed by atoms with Crippen molar-refractivity contribution >= 4 is 11.6 Å². The Kier molecular flexibility index (Phi) is 4.60. The molecule has 0 spiro atoms. The quantitative estimate of drug-likeness (QED) is 0.673. The molecule has 1 heterocycles. The average molecular weight is 328 g/mol. The molecule has 0 aromatic heterocycles. The zero-order valence-corrected chi connectivity index (χ0v) is 12.8. The van der Waals surface area contributed by atoms with Gasteiger partial charge < -0.3 is 14.8 Å². The summed E-state index contributed by atoms with van der Waals surface area (Å²) in [6.07, 6.45) is 0.661. The van der Waals surface area contributed by atoms with Crippen LogP contribution in [0.5, 0.6) is 11.5 Å². The number of nitro benzene ring substituents is 1. The Morgan fingerprint density at radius 1 is 1.25 bits per heavy atom. The molecule has 1 atom stereocenters. The Balaban J connectivity index is 1.62. The average Bonchev–Trinajstić information content (AvgIpc) is 2.60. The van der Waals surface area contributed by atoms with Crippen molar-refractivity contribution < 1.29 is 19.2 Å². The standard InChI is InChI=1S/C17H16N2O5/c20-17(11-24-16-8-4-2-6-14(16)19(21)22)18-13-9-10-23-15-7-3-1-5-12(13)15/h1-8,13H,9-11H2,(H,18,20)/t13-/m1/s1. The van der Waals surface area contributed by atoms with E-state index >= 15 is 0 Å². The highest BCUT2D eigenvalue weighted by molar-refractivity contribution is 5.78. The molecule has 0 radical (unpaired) electrons. The fourth-order valence-electron chi connectivity index (χ4n) is 2.60. The second-order valence-corrected chi connectivity index (χ2v) is 5.31. The zero-order chi connectivity index (χ0) is 16.9. The van der Waals surface area contributed by atoms with Crippen molar-refractivity contribution in [3.05, 3.63) is 64.2 Å². The highest BCUT2D eigenvalue weighted by atomic mass is 16.6. The van der Waals surface area contributed by atoms with Gasteiger partial charge >= 0.3 is 5.69 Å². The Hall–Kier alpha value is -3.09. The molecular weight excluding hydrogens is 312 g/mol. The van der Waals surface area contributed by atoms with Crippen molar-refractivity contribution in [3.8, 4) is 11.5 Å². The van der Waals surface area contributed by atoms with Crippen LogP contribution in [0.15, 0.2) is 48.5 Å². The summed E-state index contributed by atoms with van der Waals surface area (Å²) in [5.74, 6) is 0.494. The molecule has 1 aliphatic heterocycles. The van der Waals surface area contributed by atoms with Crippen LogP contribution >= 0.6 is 0 Å². The molecular formula is C17H16N2O5. The van der Waals surface area contributed by atoms with Crippen molar-refractivity contribution in [2.45, 2.75) is 12.5 Å². The summed E-state index contributed by atoms with van der Waals surface area (Å²) in [5.41, 5.74) is 0.754. The topological polar surface area (TPSA) is 90.7 Å². The van der Waals surface area contributed by atoms with Gasteiger partial charge in [0.15, 0.2) is 12.4 Å². The van der Waals surface area contributed by atoms with E-state index in [0.29, 0.717) is 13.0 Å². The molecule has 24 heavy (non-hydrogen) atoms. The third kappa shape index (κ3) is 3.45. The fourth-order valence-corrected chi connectivity index (χ4v) is 2.60. The number of benzene rings is 2. The summed E-state index contributed by atoms with van der Waals surface area (Å²) in [7, 11) is 0. The molecule has 0 saturated carbocycles. The third-order valence-corrected chi connectivity index (χ3v) is 3.71. The number of hydrogen-bond acceptors (Lipinski definition) is 5. The lowest BCUT2D eigenvalue weighted by Gasteiger charge is -2.26. The van der Waals surface area contributed by atoms with E-state index in [0.717, 1.165) is 11.3 Å². The Bertz CT molecular complexity index is 762. The largest absolute Gasteiger partial charge is 0.493 e. The molecule has 1 N–H and O–H groups in total. The Morgan fingerprint density at radius 3 is 2.83 bits per heavy atom. The number of amides is 1. The van der Waals surface area contributed by atoms with Crippen molar-refractivity contribution in [1.29, 1.82) is 0 Å². The highest BCUT2D eigenvalue weighted by Crippen LogP contribution is 2.31. The molecule has 0 fully saturated rings. The second-order valence-electron chi connectivity index (χ2n) is 5.31. The molecule has 2 aromatic carbocycles. The summed E-state index contributed by atoms with van der Waals surface area (Å²) in [6, 6.07) is 13.3. The highest BCUT2D eigenvalue weighted by Gasteiger charge is 2.23. The Labute approximate surface area is 138 Å². The van der Waals surface area contributed by atoms with E-state index in [4.69, 9.17) is 9.47 Å². The summed E-state index contributed by atoms with van der Waals surface area (Å²) in [5, 5.41) is 13.8. The smallest absolute Gasteiger partial charge is 0.310 e. The van der Waals surface area contributed by atoms with Gasteiger partial charge in [0.1, 0.15) is 5.75 Å². The predicted molar refractivity (Wildman–Crippen MR) is 86.0 cm³/mol. The number of fused-ring (bicyclic) bond motifs is 1. The van der Waals surface area contributed by atoms with Crippen molar-refractivity contribution in [2.75, 3.05) is 13.2 Å². The lowest BCUT2D eigenvalue weighted by molar-refractivity contribution is -0.385. The molecule has 124 valence electrons. The van der Waals surface area contributed by atoms with Crippen molar-refractivity contribution in [3.63, 3.8) is 0 Å². The number of nitrogens with one attached hydrogen (secondary N) is 1. The van der Waals surface area contributed by atoms with E-state index < -0.39 is 4.92 Å². The minimum atomic E-state index is -0.540. The molecule has 0 unspecified atom stereocenters. The first-order chi connectivity index (χ1) is 11.6. The number of para-hydroxylation sites is 3. The van der Waals surface area contributed by atoms with Crippen LogP contribution in [0.25, 0.3) is 0 Å². The van der Waals surface area contributed by atoms with Crippen LogP contribution in [0, 0.1) is 10.1 Å². The lowest BCUT2D eigenvalue weighted by atomic mass is 10.0. The van der Waals surface area contributed by atoms with Crippen molar-refractivity contribution in [1.82, 2.24) is 5.32 Å². The summed E-state index contributed by atoms with van der Waals surface area (Å²) in [6.45, 7) is 0.233. The number of nitrogens with zero attached hydrogens (tertiary/aromatic N) is 1. The molecule has 7 nitrogen and oxygen atoms in total. The van der Waals surface area contributed by atoms with Gasteiger partial charge in [0.2, 0.25) is 0 Å². The molecule has 1 amide bonds. The van der Waals surface area contributed by atoms with E-state index in [1.807, 2.05) is 24.3 Å². The van der Waals surface area contributed by atoms with Gasteiger partial charge in [0.25, 0.3) is 5.91 Å². The maximum absolute atomic E-state index is 12.1. The van der Waals surface area contributed by atoms with E-state index in [2.05, 4.69) is 5.32 Å². The van der Waals surface area contributed by atoms with E-state index in [1.54, 1.807) is 12.1 Å². The summed E-state index contributed by atoms with van der Waals surface area (Å²) < 4.78 is 10.9. The van der Waals surface area contributed by atoms with Crippen LogP contribution in [0.2, 0.25) is 0 Å². The lowest BCUT2D eigenvalue weighted by Crippen LogP contribution is -2.35. The molecule has 0 bridgehead atoms. The normalized spacial score (nSPS) is 15.8. The predicted octanol–water partition coefficient (Wildman–Crippen LogP) is 2.61. The maximum atomic E-state index is 12.1. The summed E-state index contributed by atoms with van der Waals surface area (Å²) in [4.78, 5) is 22.5. The fraction of sp³-hybridized carbons (Fsp3) is 0.235. The maximum Gasteiger partial charge on any atom is 0.310 e. The van der Waals surface area contributed by atoms with Crippen LogP contribution in [0.4, 0.5) is 5.69 Å². The minimum Gasteiger partial charge on any atom is -0.493 e. The number of nitro groups is 1. The molecule has 7 heteroatoms. The molecule has 0 saturated heterocycles. The van der Waals surface area contributed by atoms with E-state index in [1.165, 1.54) is 12.1 Å². The van der Waals surface area contributed by atoms with Gasteiger partial charge in [-0.2, -0.15) is 0 Å². The Morgan fingerprint density at radius 2 is 2.00 bits per heavy atom. The monoisotopic (exact) mass is 328 g/mol. The number of rotatable bonds is 5. The zero-order valence-electron chi connectivity index (χ0n) is 12.8. The van der Waals surface area contributed by atoms with Crippen LogP contribution in [-0.4, -0.2) is 24.0 Å². The van der Waals surface area contributed by atoms with Gasteiger partial charge in [-0.15, -0.1) is 0 Å². The van der Waals surface area contributed by atoms with E-state index in [9.17, 15) is 14.9 Å². The number of ether oxygens (including phenoxy) is 2. The van der Waals surface area contributed by atoms with Crippen LogP contribution in [0.3, 0.4) is 0 Å². The molecule has 0 aliphatic carbocycles. The first-order valence-corrected chi connectivity index (χ1v) is 7.52. The first-order valence-electron chi connectivity index (χ1n) is 7.52.